The molecule has 0 aliphatic carbocycles. The molecule has 0 saturated heterocycles. The van der Waals surface area contributed by atoms with Crippen LogP contribution in [0.5, 0.6) is 0 Å². The van der Waals surface area contributed by atoms with Gasteiger partial charge in [-0.15, -0.1) is 0 Å². The van der Waals surface area contributed by atoms with E-state index in [1.54, 1.807) is 0 Å². The van der Waals surface area contributed by atoms with Crippen LogP contribution >= 0.6 is 7.68 Å². The molecule has 0 rings (SSSR count). The van der Waals surface area contributed by atoms with Gasteiger partial charge in [0.25, 0.3) is 0 Å². The lowest BCUT2D eigenvalue weighted by atomic mass is 10.2. The third kappa shape index (κ3) is 6.52. The predicted octanol–water partition coefficient (Wildman–Crippen LogP) is 3.23. The van der Waals surface area contributed by atoms with Crippen LogP contribution in [0.3, 0.4) is 0 Å². The number of hydrogen-bond acceptors (Lipinski definition) is 2. The van der Waals surface area contributed by atoms with Crippen molar-refractivity contribution in [2.45, 2.75) is 27.2 Å². The van der Waals surface area contributed by atoms with Crippen molar-refractivity contribution in [1.29, 1.82) is 0 Å². The number of rotatable bonds is 5. The molecule has 0 fully saturated rings. The molecule has 0 aromatic carbocycles. The van der Waals surface area contributed by atoms with Gasteiger partial charge in [-0.2, -0.15) is 4.20 Å². The van der Waals surface area contributed by atoms with Gasteiger partial charge in [0.1, 0.15) is 0 Å². The molecule has 0 aromatic rings. The van der Waals surface area contributed by atoms with Crippen molar-refractivity contribution < 1.29 is 13.3 Å². The Morgan fingerprint density at radius 3 is 2.45 bits per heavy atom. The summed E-state index contributed by atoms with van der Waals surface area (Å²) in [6, 6.07) is 0. The van der Waals surface area contributed by atoms with Crippen LogP contribution in [0.2, 0.25) is 0 Å². The van der Waals surface area contributed by atoms with Gasteiger partial charge < -0.3 is 4.52 Å². The largest absolute Gasteiger partial charge is 0.367 e. The maximum atomic E-state index is 12.6. The van der Waals surface area contributed by atoms with Crippen molar-refractivity contribution >= 4 is 7.68 Å². The zero-order chi connectivity index (χ0) is 8.91. The molecule has 0 spiro atoms. The van der Waals surface area contributed by atoms with E-state index in [1.165, 1.54) is 6.92 Å². The zero-order valence-corrected chi connectivity index (χ0v) is 8.23. The molecular weight excluding hydrogens is 166 g/mol. The molecule has 0 N–H and O–H groups in total. The lowest BCUT2D eigenvalue weighted by molar-refractivity contribution is 0.267. The molecule has 11 heavy (non-hydrogen) atoms. The molecule has 68 valence electrons. The van der Waals surface area contributed by atoms with Crippen LogP contribution in [0.4, 0.5) is 4.20 Å². The van der Waals surface area contributed by atoms with Crippen LogP contribution in [-0.4, -0.2) is 12.8 Å². The van der Waals surface area contributed by atoms with Gasteiger partial charge in [-0.3, -0.25) is 4.57 Å². The molecule has 0 saturated carbocycles. The summed E-state index contributed by atoms with van der Waals surface area (Å²) in [6.07, 6.45) is 0.735. The second-order valence-electron chi connectivity index (χ2n) is 2.92. The monoisotopic (exact) mass is 182 g/mol. The fourth-order valence-electron chi connectivity index (χ4n) is 0.516. The Morgan fingerprint density at radius 2 is 2.09 bits per heavy atom. The van der Waals surface area contributed by atoms with E-state index in [0.717, 1.165) is 6.42 Å². The average Bonchev–Trinajstić information content (AvgIpc) is 1.87. The Morgan fingerprint density at radius 1 is 1.55 bits per heavy atom. The van der Waals surface area contributed by atoms with E-state index in [-0.39, 0.29) is 12.8 Å². The average molecular weight is 182 g/mol. The van der Waals surface area contributed by atoms with Crippen molar-refractivity contribution in [2.75, 3.05) is 12.8 Å². The van der Waals surface area contributed by atoms with Gasteiger partial charge in [-0.25, -0.2) is 0 Å². The summed E-state index contributed by atoms with van der Waals surface area (Å²) in [4.78, 5) is 0. The Labute approximate surface area is 67.7 Å². The Hall–Kier alpha value is 0.120. The molecule has 0 amide bonds. The van der Waals surface area contributed by atoms with E-state index in [2.05, 4.69) is 4.52 Å². The number of hydrogen-bond donors (Lipinski definition) is 0. The predicted molar refractivity (Wildman–Crippen MR) is 44.7 cm³/mol. The second-order valence-corrected chi connectivity index (χ2v) is 4.99. The quantitative estimate of drug-likeness (QED) is 0.610. The second kappa shape index (κ2) is 4.89. The summed E-state index contributed by atoms with van der Waals surface area (Å²) in [6.45, 7) is 5.81. The Bertz CT molecular complexity index is 147. The Kier molecular flexibility index (Phi) is 4.94. The summed E-state index contributed by atoms with van der Waals surface area (Å²) < 4.78 is 27.9. The molecule has 2 nitrogen and oxygen atoms in total. The molecule has 1 unspecified atom stereocenters. The third-order valence-corrected chi connectivity index (χ3v) is 2.68. The van der Waals surface area contributed by atoms with Gasteiger partial charge >= 0.3 is 7.68 Å². The molecule has 4 heteroatoms. The normalized spacial score (nSPS) is 16.8. The van der Waals surface area contributed by atoms with Gasteiger partial charge in [0.15, 0.2) is 0 Å². The molecular formula is C7H16FO2P. The smallest absolute Gasteiger partial charge is 0.306 e. The highest BCUT2D eigenvalue weighted by Gasteiger charge is 2.17. The molecule has 0 aliphatic heterocycles. The minimum absolute atomic E-state index is 0.0227. The first-order valence-electron chi connectivity index (χ1n) is 3.91. The first-order chi connectivity index (χ1) is 4.98. The summed E-state index contributed by atoms with van der Waals surface area (Å²) in [5.41, 5.74) is 0. The maximum Gasteiger partial charge on any atom is 0.367 e. The van der Waals surface area contributed by atoms with Crippen LogP contribution in [-0.2, 0) is 9.09 Å². The van der Waals surface area contributed by atoms with Crippen LogP contribution < -0.4 is 0 Å². The molecule has 0 radical (unpaired) electrons. The van der Waals surface area contributed by atoms with E-state index in [4.69, 9.17) is 0 Å². The molecule has 0 aromatic heterocycles. The highest BCUT2D eigenvalue weighted by molar-refractivity contribution is 7.53. The molecule has 1 atom stereocenters. The standard InChI is InChI=1S/C7H16FO2P/c1-4-11(8,9)10-6-5-7(2)3/h7H,4-6H2,1-3H3. The van der Waals surface area contributed by atoms with Crippen molar-refractivity contribution in [3.05, 3.63) is 0 Å². The van der Waals surface area contributed by atoms with Crippen LogP contribution in [0.15, 0.2) is 0 Å². The lowest BCUT2D eigenvalue weighted by Crippen LogP contribution is -1.96. The molecule has 0 bridgehead atoms. The fraction of sp³-hybridized carbons (Fsp3) is 1.00. The Balaban J connectivity index is 3.46. The van der Waals surface area contributed by atoms with Crippen molar-refractivity contribution in [3.8, 4) is 0 Å². The maximum absolute atomic E-state index is 12.6. The highest BCUT2D eigenvalue weighted by Crippen LogP contribution is 2.48. The zero-order valence-electron chi connectivity index (χ0n) is 7.34. The van der Waals surface area contributed by atoms with Crippen LogP contribution in [0, 0.1) is 5.92 Å². The van der Waals surface area contributed by atoms with E-state index in [9.17, 15) is 8.76 Å². The van der Waals surface area contributed by atoms with E-state index in [1.807, 2.05) is 13.8 Å². The molecule has 0 heterocycles. The summed E-state index contributed by atoms with van der Waals surface area (Å²) in [7, 11) is -3.73. The highest BCUT2D eigenvalue weighted by atomic mass is 31.2. The summed E-state index contributed by atoms with van der Waals surface area (Å²) in [5.74, 6) is 0.465. The van der Waals surface area contributed by atoms with E-state index >= 15 is 0 Å². The fourth-order valence-corrected chi connectivity index (χ4v) is 1.08. The van der Waals surface area contributed by atoms with E-state index < -0.39 is 7.68 Å². The first kappa shape index (κ1) is 11.1. The summed E-state index contributed by atoms with van der Waals surface area (Å²) in [5, 5.41) is 0. The lowest BCUT2D eigenvalue weighted by Gasteiger charge is -2.08. The van der Waals surface area contributed by atoms with Gasteiger partial charge in [-0.1, -0.05) is 20.8 Å². The van der Waals surface area contributed by atoms with Gasteiger partial charge in [0, 0.05) is 0 Å². The van der Waals surface area contributed by atoms with Gasteiger partial charge in [-0.05, 0) is 12.3 Å². The summed E-state index contributed by atoms with van der Waals surface area (Å²) >= 11 is 0. The number of halogens is 1. The van der Waals surface area contributed by atoms with Crippen molar-refractivity contribution in [3.63, 3.8) is 0 Å². The molecule has 0 aliphatic rings. The third-order valence-electron chi connectivity index (χ3n) is 1.36. The minimum Gasteiger partial charge on any atom is -0.306 e. The van der Waals surface area contributed by atoms with Crippen LogP contribution in [0.25, 0.3) is 0 Å². The van der Waals surface area contributed by atoms with Gasteiger partial charge in [0.05, 0.1) is 12.8 Å². The van der Waals surface area contributed by atoms with Crippen molar-refractivity contribution in [2.24, 2.45) is 5.92 Å². The minimum atomic E-state index is -3.73. The van der Waals surface area contributed by atoms with E-state index in [0.29, 0.717) is 5.92 Å². The van der Waals surface area contributed by atoms with Crippen LogP contribution in [0.1, 0.15) is 27.2 Å². The first-order valence-corrected chi connectivity index (χ1v) is 5.61. The topological polar surface area (TPSA) is 26.3 Å². The van der Waals surface area contributed by atoms with Gasteiger partial charge in [0.2, 0.25) is 0 Å². The SMILES string of the molecule is CCP(=O)(F)OCCC(C)C. The van der Waals surface area contributed by atoms with Crippen molar-refractivity contribution in [1.82, 2.24) is 0 Å².